The number of carbonyl (C=O) groups is 2. The molecule has 5 nitrogen and oxygen atoms in total. The monoisotopic (exact) mass is 341 g/mol. The number of nitrogens with one attached hydrogen (secondary N) is 1. The van der Waals surface area contributed by atoms with Crippen LogP contribution < -0.4 is 5.32 Å². The summed E-state index contributed by atoms with van der Waals surface area (Å²) >= 11 is 0. The van der Waals surface area contributed by atoms with Gasteiger partial charge in [-0.05, 0) is 31.2 Å². The fourth-order valence-electron chi connectivity index (χ4n) is 3.71. The van der Waals surface area contributed by atoms with E-state index in [0.717, 1.165) is 18.4 Å². The number of furan rings is 1. The number of aliphatic carboxylic acids is 1. The highest BCUT2D eigenvalue weighted by atomic mass is 16.4. The van der Waals surface area contributed by atoms with E-state index in [1.807, 2.05) is 30.3 Å². The molecule has 1 saturated carbocycles. The highest BCUT2D eigenvalue weighted by molar-refractivity contribution is 5.97. The second-order valence-electron chi connectivity index (χ2n) is 6.69. The summed E-state index contributed by atoms with van der Waals surface area (Å²) in [4.78, 5) is 23.9. The number of benzene rings is 1. The Kier molecular flexibility index (Phi) is 5.22. The molecule has 132 valence electrons. The predicted molar refractivity (Wildman–Crippen MR) is 93.4 cm³/mol. The molecule has 1 unspecified atom stereocenters. The van der Waals surface area contributed by atoms with E-state index in [4.69, 9.17) is 9.52 Å². The molecule has 0 spiro atoms. The Balaban J connectivity index is 1.86. The molecule has 25 heavy (non-hydrogen) atoms. The number of carboxylic acids is 1. The number of rotatable bonds is 6. The predicted octanol–water partition coefficient (Wildman–Crippen LogP) is 3.88. The number of carbonyl (C=O) groups excluding carboxylic acids is 1. The Labute approximate surface area is 147 Å². The molecule has 1 aromatic heterocycles. The maximum absolute atomic E-state index is 12.9. The molecule has 1 aliphatic carbocycles. The molecule has 0 saturated heterocycles. The van der Waals surface area contributed by atoms with E-state index < -0.39 is 5.97 Å². The van der Waals surface area contributed by atoms with Crippen molar-refractivity contribution in [1.29, 1.82) is 0 Å². The quantitative estimate of drug-likeness (QED) is 0.836. The Hall–Kier alpha value is -2.56. The van der Waals surface area contributed by atoms with Crippen LogP contribution in [0.4, 0.5) is 0 Å². The average molecular weight is 341 g/mol. The molecule has 0 aliphatic heterocycles. The van der Waals surface area contributed by atoms with Crippen LogP contribution >= 0.6 is 0 Å². The van der Waals surface area contributed by atoms with Crippen molar-refractivity contribution in [2.24, 2.45) is 5.92 Å². The number of carboxylic acid groups (broad SMARTS) is 1. The van der Waals surface area contributed by atoms with Gasteiger partial charge in [0.1, 0.15) is 12.2 Å². The van der Waals surface area contributed by atoms with Crippen molar-refractivity contribution in [3.05, 3.63) is 59.0 Å². The second-order valence-corrected chi connectivity index (χ2v) is 6.69. The van der Waals surface area contributed by atoms with Crippen LogP contribution in [0.1, 0.15) is 59.0 Å². The van der Waals surface area contributed by atoms with Crippen molar-refractivity contribution in [2.45, 2.75) is 45.1 Å². The standard InChI is InChI=1S/C20H23NO4/c1-13-12-25-16(11-17(22)23)18(13)20(24)21-19(15-9-5-6-10-15)14-7-3-2-4-8-14/h2-4,7-8,12,15,19H,5-6,9-11H2,1H3,(H,21,24)(H,22,23). The Morgan fingerprint density at radius 2 is 1.92 bits per heavy atom. The lowest BCUT2D eigenvalue weighted by atomic mass is 9.91. The topological polar surface area (TPSA) is 79.5 Å². The minimum absolute atomic E-state index is 0.0665. The molecule has 1 aromatic carbocycles. The van der Waals surface area contributed by atoms with Crippen molar-refractivity contribution >= 4 is 11.9 Å². The van der Waals surface area contributed by atoms with Crippen molar-refractivity contribution < 1.29 is 19.1 Å². The van der Waals surface area contributed by atoms with Crippen molar-refractivity contribution in [3.63, 3.8) is 0 Å². The van der Waals surface area contributed by atoms with Crippen LogP contribution in [0.2, 0.25) is 0 Å². The summed E-state index contributed by atoms with van der Waals surface area (Å²) in [5.74, 6) is -0.663. The largest absolute Gasteiger partial charge is 0.481 e. The Bertz CT molecular complexity index is 744. The normalized spacial score (nSPS) is 15.9. The van der Waals surface area contributed by atoms with Crippen LogP contribution in [0.5, 0.6) is 0 Å². The summed E-state index contributed by atoms with van der Waals surface area (Å²) in [6.45, 7) is 1.76. The van der Waals surface area contributed by atoms with Gasteiger partial charge in [0.15, 0.2) is 0 Å². The minimum Gasteiger partial charge on any atom is -0.481 e. The van der Waals surface area contributed by atoms with Gasteiger partial charge in [-0.15, -0.1) is 0 Å². The zero-order valence-electron chi connectivity index (χ0n) is 14.3. The number of amides is 1. The van der Waals surface area contributed by atoms with Gasteiger partial charge in [0, 0.05) is 5.56 Å². The van der Waals surface area contributed by atoms with Gasteiger partial charge in [-0.2, -0.15) is 0 Å². The first-order valence-corrected chi connectivity index (χ1v) is 8.71. The van der Waals surface area contributed by atoms with Gasteiger partial charge < -0.3 is 14.8 Å². The van der Waals surface area contributed by atoms with Crippen molar-refractivity contribution in [2.75, 3.05) is 0 Å². The summed E-state index contributed by atoms with van der Waals surface area (Å²) < 4.78 is 5.30. The molecule has 2 N–H and O–H groups in total. The van der Waals surface area contributed by atoms with Gasteiger partial charge in [0.25, 0.3) is 5.91 Å². The lowest BCUT2D eigenvalue weighted by molar-refractivity contribution is -0.136. The lowest BCUT2D eigenvalue weighted by Gasteiger charge is -2.25. The highest BCUT2D eigenvalue weighted by Crippen LogP contribution is 2.36. The maximum atomic E-state index is 12.9. The van der Waals surface area contributed by atoms with Gasteiger partial charge >= 0.3 is 5.97 Å². The Morgan fingerprint density at radius 3 is 2.56 bits per heavy atom. The summed E-state index contributed by atoms with van der Waals surface area (Å²) in [5, 5.41) is 12.2. The van der Waals surface area contributed by atoms with E-state index in [-0.39, 0.29) is 24.1 Å². The van der Waals surface area contributed by atoms with Crippen LogP contribution in [-0.4, -0.2) is 17.0 Å². The molecule has 2 aromatic rings. The zero-order chi connectivity index (χ0) is 17.8. The smallest absolute Gasteiger partial charge is 0.311 e. The molecular formula is C20H23NO4. The molecule has 1 heterocycles. The maximum Gasteiger partial charge on any atom is 0.311 e. The van der Waals surface area contributed by atoms with E-state index in [1.54, 1.807) is 6.92 Å². The fraction of sp³-hybridized carbons (Fsp3) is 0.400. The zero-order valence-corrected chi connectivity index (χ0v) is 14.3. The minimum atomic E-state index is -1.01. The van der Waals surface area contributed by atoms with Crippen LogP contribution in [-0.2, 0) is 11.2 Å². The van der Waals surface area contributed by atoms with E-state index in [9.17, 15) is 9.59 Å². The molecule has 1 atom stereocenters. The number of hydrogen-bond acceptors (Lipinski definition) is 3. The molecule has 1 aliphatic rings. The van der Waals surface area contributed by atoms with Crippen LogP contribution in [0, 0.1) is 12.8 Å². The molecule has 1 fully saturated rings. The number of aryl methyl sites for hydroxylation is 1. The second kappa shape index (κ2) is 7.55. The summed E-state index contributed by atoms with van der Waals surface area (Å²) in [5.41, 5.74) is 2.09. The summed E-state index contributed by atoms with van der Waals surface area (Å²) in [7, 11) is 0. The van der Waals surface area contributed by atoms with E-state index >= 15 is 0 Å². The van der Waals surface area contributed by atoms with Crippen molar-refractivity contribution in [3.8, 4) is 0 Å². The van der Waals surface area contributed by atoms with Gasteiger partial charge in [0.2, 0.25) is 0 Å². The van der Waals surface area contributed by atoms with E-state index in [1.165, 1.54) is 19.1 Å². The fourth-order valence-corrected chi connectivity index (χ4v) is 3.71. The van der Waals surface area contributed by atoms with Gasteiger partial charge in [-0.25, -0.2) is 0 Å². The first kappa shape index (κ1) is 17.3. The third-order valence-corrected chi connectivity index (χ3v) is 4.91. The molecule has 5 heteroatoms. The molecule has 0 bridgehead atoms. The van der Waals surface area contributed by atoms with Crippen LogP contribution in [0.3, 0.4) is 0 Å². The molecule has 0 radical (unpaired) electrons. The third-order valence-electron chi connectivity index (χ3n) is 4.91. The third kappa shape index (κ3) is 3.92. The number of hydrogen-bond donors (Lipinski definition) is 2. The van der Waals surface area contributed by atoms with Gasteiger partial charge in [-0.3, -0.25) is 9.59 Å². The lowest BCUT2D eigenvalue weighted by Crippen LogP contribution is -2.33. The summed E-state index contributed by atoms with van der Waals surface area (Å²) in [6, 6.07) is 9.91. The van der Waals surface area contributed by atoms with Crippen molar-refractivity contribution in [1.82, 2.24) is 5.32 Å². The molecule has 1 amide bonds. The highest BCUT2D eigenvalue weighted by Gasteiger charge is 2.30. The SMILES string of the molecule is Cc1coc(CC(=O)O)c1C(=O)NC(c1ccccc1)C1CCCC1. The van der Waals surface area contributed by atoms with Crippen LogP contribution in [0.25, 0.3) is 0 Å². The van der Waals surface area contributed by atoms with E-state index in [0.29, 0.717) is 17.0 Å². The molecular weight excluding hydrogens is 318 g/mol. The molecule has 3 rings (SSSR count). The Morgan fingerprint density at radius 1 is 1.24 bits per heavy atom. The van der Waals surface area contributed by atoms with Gasteiger partial charge in [-0.1, -0.05) is 43.2 Å². The first-order chi connectivity index (χ1) is 12.1. The van der Waals surface area contributed by atoms with Gasteiger partial charge in [0.05, 0.1) is 17.9 Å². The average Bonchev–Trinajstić information content (AvgIpc) is 3.23. The summed E-state index contributed by atoms with van der Waals surface area (Å²) in [6.07, 6.45) is 5.69. The first-order valence-electron chi connectivity index (χ1n) is 8.71. The van der Waals surface area contributed by atoms with E-state index in [2.05, 4.69) is 5.32 Å². The van der Waals surface area contributed by atoms with Crippen LogP contribution in [0.15, 0.2) is 41.0 Å².